The van der Waals surface area contributed by atoms with Crippen LogP contribution in [0.25, 0.3) is 0 Å². The highest BCUT2D eigenvalue weighted by molar-refractivity contribution is 14.0. The van der Waals surface area contributed by atoms with Crippen LogP contribution >= 0.6 is 24.0 Å². The van der Waals surface area contributed by atoms with Crippen molar-refractivity contribution in [3.8, 4) is 0 Å². The van der Waals surface area contributed by atoms with E-state index in [1.165, 1.54) is 0 Å². The van der Waals surface area contributed by atoms with Crippen LogP contribution in [-0.4, -0.2) is 76.7 Å². The fraction of sp³-hybridized carbons (Fsp3) is 0.938. The molecule has 0 aromatic carbocycles. The monoisotopic (exact) mass is 443 g/mol. The molecule has 1 heterocycles. The molecule has 0 spiro atoms. The fourth-order valence-electron chi connectivity index (χ4n) is 2.47. The largest absolute Gasteiger partial charge is 0.385 e. The molecule has 0 saturated carbocycles. The van der Waals surface area contributed by atoms with Gasteiger partial charge in [-0.05, 0) is 33.1 Å². The molecule has 1 rings (SSSR count). The summed E-state index contributed by atoms with van der Waals surface area (Å²) in [6.45, 7) is 10.7. The summed E-state index contributed by atoms with van der Waals surface area (Å²) in [6.07, 6.45) is 3.46. The van der Waals surface area contributed by atoms with Gasteiger partial charge in [0.2, 0.25) is 0 Å². The van der Waals surface area contributed by atoms with Crippen molar-refractivity contribution in [3.05, 3.63) is 0 Å². The molecule has 0 bridgehead atoms. The molecule has 0 aromatic heterocycles. The van der Waals surface area contributed by atoms with Crippen LogP contribution in [0.3, 0.4) is 0 Å². The lowest BCUT2D eigenvalue weighted by atomic mass is 10.1. The van der Waals surface area contributed by atoms with Crippen LogP contribution in [0.2, 0.25) is 0 Å². The van der Waals surface area contributed by atoms with Crippen LogP contribution in [0.1, 0.15) is 33.1 Å². The molecule has 0 aromatic rings. The summed E-state index contributed by atoms with van der Waals surface area (Å²) in [6, 6.07) is 0. The maximum absolute atomic E-state index is 5.90. The van der Waals surface area contributed by atoms with Crippen molar-refractivity contribution in [1.82, 2.24) is 10.2 Å². The highest BCUT2D eigenvalue weighted by atomic mass is 127. The second-order valence-corrected chi connectivity index (χ2v) is 5.34. The van der Waals surface area contributed by atoms with Crippen molar-refractivity contribution in [1.29, 1.82) is 0 Å². The molecule has 0 unspecified atom stereocenters. The Morgan fingerprint density at radius 1 is 1.17 bits per heavy atom. The Morgan fingerprint density at radius 3 is 2.52 bits per heavy atom. The van der Waals surface area contributed by atoms with Crippen LogP contribution in [-0.2, 0) is 14.2 Å². The second kappa shape index (κ2) is 15.4. The van der Waals surface area contributed by atoms with E-state index in [0.29, 0.717) is 19.3 Å². The molecule has 1 aliphatic rings. The van der Waals surface area contributed by atoms with Gasteiger partial charge >= 0.3 is 0 Å². The van der Waals surface area contributed by atoms with Crippen molar-refractivity contribution >= 4 is 29.9 Å². The van der Waals surface area contributed by atoms with E-state index in [1.54, 1.807) is 7.11 Å². The number of methoxy groups -OCH3 is 1. The smallest absolute Gasteiger partial charge is 0.193 e. The van der Waals surface area contributed by atoms with Gasteiger partial charge in [0.25, 0.3) is 0 Å². The molecule has 1 aliphatic heterocycles. The third-order valence-corrected chi connectivity index (χ3v) is 3.62. The lowest BCUT2D eigenvalue weighted by Gasteiger charge is -2.34. The van der Waals surface area contributed by atoms with Gasteiger partial charge in [0.05, 0.1) is 19.3 Å². The number of piperidine rings is 1. The predicted molar refractivity (Wildman–Crippen MR) is 105 cm³/mol. The van der Waals surface area contributed by atoms with Gasteiger partial charge in [0.15, 0.2) is 5.96 Å². The molecule has 7 heteroatoms. The third-order valence-electron chi connectivity index (χ3n) is 3.62. The van der Waals surface area contributed by atoms with Gasteiger partial charge in [-0.2, -0.15) is 0 Å². The standard InChI is InChI=1S/C16H33N3O3.HI/c1-4-17-16(18-9-14-21-5-2)19-10-7-15(8-11-19)22-13-6-12-20-3;/h15H,4-14H2,1-3H3,(H,17,18);1H. The predicted octanol–water partition coefficient (Wildman–Crippen LogP) is 2.12. The SMILES string of the molecule is CCNC(=NCCOCC)N1CCC(OCCCOC)CC1.I. The lowest BCUT2D eigenvalue weighted by molar-refractivity contribution is 0.00988. The van der Waals surface area contributed by atoms with Crippen molar-refractivity contribution in [2.24, 2.45) is 4.99 Å². The summed E-state index contributed by atoms with van der Waals surface area (Å²) in [7, 11) is 1.73. The Kier molecular flexibility index (Phi) is 15.3. The number of guanidine groups is 1. The molecule has 6 nitrogen and oxygen atoms in total. The molecule has 0 aliphatic carbocycles. The molecule has 1 fully saturated rings. The van der Waals surface area contributed by atoms with Crippen molar-refractivity contribution in [2.75, 3.05) is 59.7 Å². The number of halogens is 1. The van der Waals surface area contributed by atoms with E-state index < -0.39 is 0 Å². The van der Waals surface area contributed by atoms with E-state index in [0.717, 1.165) is 64.7 Å². The minimum atomic E-state index is 0. The van der Waals surface area contributed by atoms with Gasteiger partial charge in [-0.15, -0.1) is 24.0 Å². The Labute approximate surface area is 158 Å². The molecular formula is C16H34IN3O3. The van der Waals surface area contributed by atoms with E-state index >= 15 is 0 Å². The minimum Gasteiger partial charge on any atom is -0.385 e. The van der Waals surface area contributed by atoms with E-state index in [1.807, 2.05) is 6.92 Å². The van der Waals surface area contributed by atoms with Crippen molar-refractivity contribution < 1.29 is 14.2 Å². The Morgan fingerprint density at radius 2 is 1.91 bits per heavy atom. The maximum atomic E-state index is 5.90. The number of hydrogen-bond acceptors (Lipinski definition) is 4. The summed E-state index contributed by atoms with van der Waals surface area (Å²) in [4.78, 5) is 6.96. The van der Waals surface area contributed by atoms with Crippen LogP contribution in [0.5, 0.6) is 0 Å². The summed E-state index contributed by atoms with van der Waals surface area (Å²) in [5.74, 6) is 1.00. The average Bonchev–Trinajstić information content (AvgIpc) is 2.55. The van der Waals surface area contributed by atoms with Gasteiger partial charge in [0.1, 0.15) is 0 Å². The van der Waals surface area contributed by atoms with Crippen LogP contribution < -0.4 is 5.32 Å². The first-order valence-electron chi connectivity index (χ1n) is 8.53. The highest BCUT2D eigenvalue weighted by Gasteiger charge is 2.21. The van der Waals surface area contributed by atoms with Crippen LogP contribution in [0.15, 0.2) is 4.99 Å². The quantitative estimate of drug-likeness (QED) is 0.243. The van der Waals surface area contributed by atoms with Crippen LogP contribution in [0, 0.1) is 0 Å². The fourth-order valence-corrected chi connectivity index (χ4v) is 2.47. The minimum absolute atomic E-state index is 0. The second-order valence-electron chi connectivity index (χ2n) is 5.34. The number of nitrogens with one attached hydrogen (secondary N) is 1. The molecule has 0 atom stereocenters. The summed E-state index contributed by atoms with van der Waals surface area (Å²) in [5, 5.41) is 3.37. The number of ether oxygens (including phenoxy) is 3. The average molecular weight is 443 g/mol. The van der Waals surface area contributed by atoms with E-state index in [4.69, 9.17) is 14.2 Å². The zero-order valence-electron chi connectivity index (χ0n) is 14.9. The molecule has 0 amide bonds. The van der Waals surface area contributed by atoms with Gasteiger partial charge in [-0.3, -0.25) is 4.99 Å². The third kappa shape index (κ3) is 10.4. The van der Waals surface area contributed by atoms with Gasteiger partial charge < -0.3 is 24.4 Å². The van der Waals surface area contributed by atoms with Gasteiger partial charge in [0, 0.05) is 46.6 Å². The topological polar surface area (TPSA) is 55.3 Å². The van der Waals surface area contributed by atoms with Gasteiger partial charge in [-0.25, -0.2) is 0 Å². The lowest BCUT2D eigenvalue weighted by Crippen LogP contribution is -2.47. The molecule has 23 heavy (non-hydrogen) atoms. The first kappa shape index (κ1) is 22.9. The summed E-state index contributed by atoms with van der Waals surface area (Å²) >= 11 is 0. The van der Waals surface area contributed by atoms with Crippen molar-refractivity contribution in [2.45, 2.75) is 39.2 Å². The molecule has 1 saturated heterocycles. The first-order valence-corrected chi connectivity index (χ1v) is 8.53. The molecule has 0 radical (unpaired) electrons. The molecular weight excluding hydrogens is 409 g/mol. The molecule has 1 N–H and O–H groups in total. The molecule has 138 valence electrons. The number of aliphatic imine (C=N–C) groups is 1. The number of nitrogens with zero attached hydrogens (tertiary/aromatic N) is 2. The number of rotatable bonds is 10. The van der Waals surface area contributed by atoms with E-state index in [-0.39, 0.29) is 24.0 Å². The Balaban J connectivity index is 0.00000484. The van der Waals surface area contributed by atoms with E-state index in [9.17, 15) is 0 Å². The number of hydrogen-bond donors (Lipinski definition) is 1. The van der Waals surface area contributed by atoms with Gasteiger partial charge in [-0.1, -0.05) is 0 Å². The summed E-state index contributed by atoms with van der Waals surface area (Å²) in [5.41, 5.74) is 0. The highest BCUT2D eigenvalue weighted by Crippen LogP contribution is 2.14. The van der Waals surface area contributed by atoms with Crippen molar-refractivity contribution in [3.63, 3.8) is 0 Å². The van der Waals surface area contributed by atoms with E-state index in [2.05, 4.69) is 22.1 Å². The zero-order chi connectivity index (χ0) is 16.0. The summed E-state index contributed by atoms with van der Waals surface area (Å²) < 4.78 is 16.3. The zero-order valence-corrected chi connectivity index (χ0v) is 17.2. The maximum Gasteiger partial charge on any atom is 0.193 e. The number of likely N-dealkylation sites (tertiary alicyclic amines) is 1. The Bertz CT molecular complexity index is 298. The van der Waals surface area contributed by atoms with Crippen LogP contribution in [0.4, 0.5) is 0 Å². The Hall–Kier alpha value is -0.120. The first-order chi connectivity index (χ1) is 10.8. The normalized spacial score (nSPS) is 16.3.